The number of aryl methyl sites for hydroxylation is 1. The van der Waals surface area contributed by atoms with Crippen LogP contribution in [0.15, 0.2) is 36.5 Å². The summed E-state index contributed by atoms with van der Waals surface area (Å²) >= 11 is 0. The first-order valence-electron chi connectivity index (χ1n) is 5.32. The Morgan fingerprint density at radius 1 is 1.18 bits per heavy atom. The van der Waals surface area contributed by atoms with Gasteiger partial charge in [-0.2, -0.15) is 0 Å². The van der Waals surface area contributed by atoms with Gasteiger partial charge in [0.15, 0.2) is 5.65 Å². The summed E-state index contributed by atoms with van der Waals surface area (Å²) in [7, 11) is 0. The summed E-state index contributed by atoms with van der Waals surface area (Å²) in [6.07, 6.45) is 1.67. The maximum Gasteiger partial charge on any atom is 0.178 e. The number of halogens is 1. The van der Waals surface area contributed by atoms with Crippen molar-refractivity contribution in [2.45, 2.75) is 6.92 Å². The number of pyridine rings is 1. The van der Waals surface area contributed by atoms with Crippen LogP contribution in [-0.2, 0) is 0 Å². The Morgan fingerprint density at radius 3 is 2.88 bits per heavy atom. The number of H-pyrrole nitrogens is 1. The number of imidazole rings is 1. The van der Waals surface area contributed by atoms with Crippen LogP contribution in [0.2, 0.25) is 0 Å². The van der Waals surface area contributed by atoms with Crippen LogP contribution >= 0.6 is 0 Å². The van der Waals surface area contributed by atoms with Crippen molar-refractivity contribution >= 4 is 11.2 Å². The van der Waals surface area contributed by atoms with E-state index in [0.29, 0.717) is 22.6 Å². The van der Waals surface area contributed by atoms with Gasteiger partial charge in [-0.3, -0.25) is 0 Å². The Morgan fingerprint density at radius 2 is 2.06 bits per heavy atom. The van der Waals surface area contributed by atoms with Gasteiger partial charge in [-0.25, -0.2) is 14.4 Å². The van der Waals surface area contributed by atoms with Crippen LogP contribution < -0.4 is 0 Å². The van der Waals surface area contributed by atoms with Crippen molar-refractivity contribution < 1.29 is 4.39 Å². The number of nitrogens with one attached hydrogen (secondary N) is 1. The molecule has 1 aromatic carbocycles. The van der Waals surface area contributed by atoms with Crippen LogP contribution in [0.5, 0.6) is 0 Å². The minimum Gasteiger partial charge on any atom is -0.336 e. The minimum absolute atomic E-state index is 0.244. The summed E-state index contributed by atoms with van der Waals surface area (Å²) in [5.74, 6) is 0.270. The lowest BCUT2D eigenvalue weighted by Crippen LogP contribution is -1.89. The molecule has 3 nitrogen and oxygen atoms in total. The molecule has 4 heteroatoms. The molecule has 1 N–H and O–H groups in total. The lowest BCUT2D eigenvalue weighted by atomic mass is 10.1. The molecule has 84 valence electrons. The summed E-state index contributed by atoms with van der Waals surface area (Å²) in [5, 5.41) is 0. The maximum atomic E-state index is 13.9. The van der Waals surface area contributed by atoms with Crippen LogP contribution in [-0.4, -0.2) is 15.0 Å². The van der Waals surface area contributed by atoms with Gasteiger partial charge in [0.1, 0.15) is 11.6 Å². The van der Waals surface area contributed by atoms with E-state index in [1.54, 1.807) is 25.3 Å². The molecule has 0 aliphatic carbocycles. The third kappa shape index (κ3) is 1.58. The second-order valence-electron chi connectivity index (χ2n) is 3.90. The molecule has 0 radical (unpaired) electrons. The van der Waals surface area contributed by atoms with Crippen LogP contribution in [0, 0.1) is 12.7 Å². The van der Waals surface area contributed by atoms with E-state index < -0.39 is 0 Å². The van der Waals surface area contributed by atoms with E-state index in [4.69, 9.17) is 0 Å². The fourth-order valence-electron chi connectivity index (χ4n) is 1.80. The molecular weight excluding hydrogens is 217 g/mol. The van der Waals surface area contributed by atoms with Crippen molar-refractivity contribution in [3.05, 3.63) is 47.9 Å². The average molecular weight is 227 g/mol. The standard InChI is InChI=1S/C13H10FN3/c1-8-4-2-5-9(11(8)14)12-16-10-6-3-7-15-13(10)17-12/h2-7H,1H3,(H,15,16,17). The maximum absolute atomic E-state index is 13.9. The number of hydrogen-bond acceptors (Lipinski definition) is 2. The van der Waals surface area contributed by atoms with E-state index >= 15 is 0 Å². The van der Waals surface area contributed by atoms with Gasteiger partial charge in [-0.15, -0.1) is 0 Å². The first-order valence-corrected chi connectivity index (χ1v) is 5.32. The molecule has 17 heavy (non-hydrogen) atoms. The highest BCUT2D eigenvalue weighted by Crippen LogP contribution is 2.23. The third-order valence-electron chi connectivity index (χ3n) is 2.70. The molecular formula is C13H10FN3. The lowest BCUT2D eigenvalue weighted by Gasteiger charge is -2.01. The molecule has 0 aliphatic rings. The third-order valence-corrected chi connectivity index (χ3v) is 2.70. The van der Waals surface area contributed by atoms with Crippen molar-refractivity contribution in [3.8, 4) is 11.4 Å². The van der Waals surface area contributed by atoms with Crippen LogP contribution in [0.1, 0.15) is 5.56 Å². The Bertz CT molecular complexity index is 655. The Kier molecular flexibility index (Phi) is 2.14. The number of aromatic nitrogens is 3. The second kappa shape index (κ2) is 3.66. The number of fused-ring (bicyclic) bond motifs is 1. The number of aromatic amines is 1. The highest BCUT2D eigenvalue weighted by Gasteiger charge is 2.11. The number of nitrogens with zero attached hydrogens (tertiary/aromatic N) is 2. The van der Waals surface area contributed by atoms with Gasteiger partial charge in [0.05, 0.1) is 11.1 Å². The SMILES string of the molecule is Cc1cccc(-c2nc3ncccc3[nH]2)c1F. The topological polar surface area (TPSA) is 41.6 Å². The predicted octanol–water partition coefficient (Wildman–Crippen LogP) is 3.07. The summed E-state index contributed by atoms with van der Waals surface area (Å²) in [6, 6.07) is 8.94. The fraction of sp³-hybridized carbons (Fsp3) is 0.0769. The molecule has 2 aromatic heterocycles. The normalized spacial score (nSPS) is 10.9. The Balaban J connectivity index is 2.24. The number of rotatable bonds is 1. The quantitative estimate of drug-likeness (QED) is 0.694. The first kappa shape index (κ1) is 9.96. The van der Waals surface area contributed by atoms with Gasteiger partial charge >= 0.3 is 0 Å². The summed E-state index contributed by atoms with van der Waals surface area (Å²) < 4.78 is 13.9. The molecule has 3 rings (SSSR count). The van der Waals surface area contributed by atoms with Gasteiger partial charge in [-0.05, 0) is 30.7 Å². The summed E-state index contributed by atoms with van der Waals surface area (Å²) in [5.41, 5.74) is 2.49. The van der Waals surface area contributed by atoms with Gasteiger partial charge in [0, 0.05) is 6.20 Å². The lowest BCUT2D eigenvalue weighted by molar-refractivity contribution is 0.621. The van der Waals surface area contributed by atoms with Crippen LogP contribution in [0.25, 0.3) is 22.6 Å². The molecule has 0 unspecified atom stereocenters. The fourth-order valence-corrected chi connectivity index (χ4v) is 1.80. The van der Waals surface area contributed by atoms with Crippen molar-refractivity contribution in [1.82, 2.24) is 15.0 Å². The Hall–Kier alpha value is -2.23. The van der Waals surface area contributed by atoms with Crippen molar-refractivity contribution in [2.24, 2.45) is 0 Å². The van der Waals surface area contributed by atoms with Crippen molar-refractivity contribution in [3.63, 3.8) is 0 Å². The number of benzene rings is 1. The van der Waals surface area contributed by atoms with Gasteiger partial charge < -0.3 is 4.98 Å². The highest BCUT2D eigenvalue weighted by molar-refractivity contribution is 5.75. The van der Waals surface area contributed by atoms with Crippen molar-refractivity contribution in [2.75, 3.05) is 0 Å². The van der Waals surface area contributed by atoms with E-state index in [1.165, 1.54) is 0 Å². The molecule has 2 heterocycles. The summed E-state index contributed by atoms with van der Waals surface area (Å²) in [6.45, 7) is 1.74. The largest absolute Gasteiger partial charge is 0.336 e. The zero-order valence-corrected chi connectivity index (χ0v) is 9.24. The monoisotopic (exact) mass is 227 g/mol. The molecule has 0 fully saturated rings. The molecule has 0 bridgehead atoms. The van der Waals surface area contributed by atoms with E-state index in [9.17, 15) is 4.39 Å². The van der Waals surface area contributed by atoms with E-state index in [-0.39, 0.29) is 5.82 Å². The van der Waals surface area contributed by atoms with Gasteiger partial charge in [0.2, 0.25) is 0 Å². The van der Waals surface area contributed by atoms with E-state index in [0.717, 1.165) is 5.52 Å². The van der Waals surface area contributed by atoms with Gasteiger partial charge in [-0.1, -0.05) is 12.1 Å². The van der Waals surface area contributed by atoms with Crippen molar-refractivity contribution in [1.29, 1.82) is 0 Å². The highest BCUT2D eigenvalue weighted by atomic mass is 19.1. The Labute approximate surface area is 97.3 Å². The zero-order valence-electron chi connectivity index (χ0n) is 9.24. The van der Waals surface area contributed by atoms with E-state index in [1.807, 2.05) is 18.2 Å². The molecule has 0 amide bonds. The predicted molar refractivity (Wildman–Crippen MR) is 64.0 cm³/mol. The van der Waals surface area contributed by atoms with Gasteiger partial charge in [0.25, 0.3) is 0 Å². The first-order chi connectivity index (χ1) is 8.25. The molecule has 0 aliphatic heterocycles. The minimum atomic E-state index is -0.244. The molecule has 0 spiro atoms. The molecule has 3 aromatic rings. The second-order valence-corrected chi connectivity index (χ2v) is 3.90. The average Bonchev–Trinajstić information content (AvgIpc) is 2.76. The van der Waals surface area contributed by atoms with E-state index in [2.05, 4.69) is 15.0 Å². The smallest absolute Gasteiger partial charge is 0.178 e. The molecule has 0 atom stereocenters. The number of hydrogen-bond donors (Lipinski definition) is 1. The molecule has 0 saturated carbocycles. The molecule has 0 saturated heterocycles. The van der Waals surface area contributed by atoms with Crippen LogP contribution in [0.4, 0.5) is 4.39 Å². The van der Waals surface area contributed by atoms with Crippen LogP contribution in [0.3, 0.4) is 0 Å². The zero-order chi connectivity index (χ0) is 11.8. The summed E-state index contributed by atoms with van der Waals surface area (Å²) in [4.78, 5) is 11.5.